The number of nitrogens with one attached hydrogen (secondary N) is 1. The van der Waals surface area contributed by atoms with Crippen molar-refractivity contribution in [2.75, 3.05) is 0 Å². The molecule has 0 aliphatic rings. The first-order valence-corrected chi connectivity index (χ1v) is 7.90. The molecule has 0 bridgehead atoms. The van der Waals surface area contributed by atoms with Crippen LogP contribution in [0, 0.1) is 24.2 Å². The van der Waals surface area contributed by atoms with Gasteiger partial charge in [0.05, 0.1) is 17.8 Å². The number of aromatic nitrogens is 4. The van der Waals surface area contributed by atoms with Gasteiger partial charge in [-0.2, -0.15) is 5.26 Å². The lowest BCUT2D eigenvalue weighted by molar-refractivity contribution is 0.443. The van der Waals surface area contributed by atoms with Crippen LogP contribution in [0.5, 0.6) is 0 Å². The van der Waals surface area contributed by atoms with Crippen molar-refractivity contribution in [3.63, 3.8) is 0 Å². The van der Waals surface area contributed by atoms with Gasteiger partial charge in [0.1, 0.15) is 17.0 Å². The first kappa shape index (κ1) is 14.6. The Balaban J connectivity index is 1.86. The number of aryl methyl sites for hydroxylation is 2. The van der Waals surface area contributed by atoms with Gasteiger partial charge in [0.2, 0.25) is 0 Å². The van der Waals surface area contributed by atoms with E-state index in [1.54, 1.807) is 0 Å². The number of hydrogen-bond acceptors (Lipinski definition) is 3. The van der Waals surface area contributed by atoms with Crippen LogP contribution in [0.4, 0.5) is 0 Å². The molecular formula is C17H21N5. The van der Waals surface area contributed by atoms with Gasteiger partial charge < -0.3 is 9.55 Å². The van der Waals surface area contributed by atoms with E-state index in [1.807, 2.05) is 19.3 Å². The zero-order valence-corrected chi connectivity index (χ0v) is 13.1. The van der Waals surface area contributed by atoms with Crippen molar-refractivity contribution in [2.45, 2.75) is 46.1 Å². The van der Waals surface area contributed by atoms with Gasteiger partial charge in [-0.15, -0.1) is 0 Å². The van der Waals surface area contributed by atoms with E-state index in [9.17, 15) is 0 Å². The van der Waals surface area contributed by atoms with Crippen LogP contribution >= 0.6 is 0 Å². The van der Waals surface area contributed by atoms with Gasteiger partial charge >= 0.3 is 0 Å². The van der Waals surface area contributed by atoms with Crippen LogP contribution in [0.2, 0.25) is 0 Å². The normalized spacial score (nSPS) is 12.8. The van der Waals surface area contributed by atoms with Crippen LogP contribution in [0.1, 0.15) is 38.4 Å². The maximum Gasteiger partial charge on any atom is 0.139 e. The second-order valence-electron chi connectivity index (χ2n) is 5.82. The highest BCUT2D eigenvalue weighted by molar-refractivity contribution is 6.01. The van der Waals surface area contributed by atoms with Crippen molar-refractivity contribution in [2.24, 2.45) is 5.92 Å². The smallest absolute Gasteiger partial charge is 0.139 e. The van der Waals surface area contributed by atoms with E-state index in [2.05, 4.69) is 38.6 Å². The Hall–Kier alpha value is -2.35. The summed E-state index contributed by atoms with van der Waals surface area (Å²) < 4.78 is 2.28. The molecule has 0 aromatic carbocycles. The lowest BCUT2D eigenvalue weighted by Gasteiger charge is -2.12. The minimum atomic E-state index is 0.508. The van der Waals surface area contributed by atoms with Crippen molar-refractivity contribution in [3.8, 4) is 6.07 Å². The summed E-state index contributed by atoms with van der Waals surface area (Å²) >= 11 is 0. The number of aromatic amines is 1. The molecule has 5 nitrogen and oxygen atoms in total. The molecular weight excluding hydrogens is 274 g/mol. The lowest BCUT2D eigenvalue weighted by Crippen LogP contribution is -2.04. The van der Waals surface area contributed by atoms with Crippen molar-refractivity contribution in [3.05, 3.63) is 24.3 Å². The van der Waals surface area contributed by atoms with E-state index >= 15 is 0 Å². The molecule has 0 saturated heterocycles. The maximum absolute atomic E-state index is 8.86. The Bertz CT molecular complexity index is 821. The molecule has 0 radical (unpaired) electrons. The second kappa shape index (κ2) is 6.18. The molecule has 0 fully saturated rings. The summed E-state index contributed by atoms with van der Waals surface area (Å²) in [4.78, 5) is 12.2. The second-order valence-corrected chi connectivity index (χ2v) is 5.82. The monoisotopic (exact) mass is 295 g/mol. The molecule has 114 valence electrons. The Morgan fingerprint density at radius 1 is 1.45 bits per heavy atom. The van der Waals surface area contributed by atoms with E-state index in [0.29, 0.717) is 12.3 Å². The van der Waals surface area contributed by atoms with Crippen LogP contribution in [0.15, 0.2) is 18.5 Å². The molecule has 5 heteroatoms. The zero-order valence-electron chi connectivity index (χ0n) is 13.1. The summed E-state index contributed by atoms with van der Waals surface area (Å²) in [6, 6.07) is 4.35. The van der Waals surface area contributed by atoms with Gasteiger partial charge in [0.15, 0.2) is 0 Å². The van der Waals surface area contributed by atoms with Gasteiger partial charge in [-0.05, 0) is 31.7 Å². The highest BCUT2D eigenvalue weighted by Gasteiger charge is 2.13. The summed E-state index contributed by atoms with van der Waals surface area (Å²) in [7, 11) is 0. The number of H-pyrrole nitrogens is 1. The predicted octanol–water partition coefficient (Wildman–Crippen LogP) is 3.94. The van der Waals surface area contributed by atoms with Crippen LogP contribution in [0.3, 0.4) is 0 Å². The first-order valence-electron chi connectivity index (χ1n) is 7.90. The van der Waals surface area contributed by atoms with Gasteiger partial charge in [-0.3, -0.25) is 0 Å². The van der Waals surface area contributed by atoms with Crippen molar-refractivity contribution >= 4 is 22.1 Å². The quantitative estimate of drug-likeness (QED) is 0.748. The summed E-state index contributed by atoms with van der Waals surface area (Å²) in [5.41, 5.74) is 3.02. The van der Waals surface area contributed by atoms with Crippen molar-refractivity contribution < 1.29 is 0 Å². The third-order valence-electron chi connectivity index (χ3n) is 4.43. The van der Waals surface area contributed by atoms with Crippen molar-refractivity contribution in [1.29, 1.82) is 5.26 Å². The van der Waals surface area contributed by atoms with E-state index in [0.717, 1.165) is 53.7 Å². The third kappa shape index (κ3) is 2.57. The Labute approximate surface area is 130 Å². The average Bonchev–Trinajstić information content (AvgIpc) is 3.10. The number of nitrogens with zero attached hydrogens (tertiary/aromatic N) is 4. The van der Waals surface area contributed by atoms with Gasteiger partial charge in [-0.1, -0.05) is 13.3 Å². The highest BCUT2D eigenvalue weighted by Crippen LogP contribution is 2.25. The van der Waals surface area contributed by atoms with E-state index in [1.165, 1.54) is 0 Å². The third-order valence-corrected chi connectivity index (χ3v) is 4.43. The molecule has 3 aromatic rings. The van der Waals surface area contributed by atoms with Crippen LogP contribution in [-0.4, -0.2) is 19.5 Å². The molecule has 1 N–H and O–H groups in total. The number of imidazole rings is 1. The largest absolute Gasteiger partial charge is 0.346 e. The standard InChI is InChI=1S/C17H21N5/c1-3-13(6-8-18)5-4-10-22-12(2)21-15-11-20-17-14(16(15)22)7-9-19-17/h7,9,11,13H,3-6,10H2,1-2H3,(H,19,20). The Kier molecular flexibility index (Phi) is 4.10. The molecule has 3 aromatic heterocycles. The van der Waals surface area contributed by atoms with Gasteiger partial charge in [0.25, 0.3) is 0 Å². The Morgan fingerprint density at radius 3 is 3.09 bits per heavy atom. The van der Waals surface area contributed by atoms with E-state index in [-0.39, 0.29) is 0 Å². The molecule has 22 heavy (non-hydrogen) atoms. The molecule has 0 spiro atoms. The van der Waals surface area contributed by atoms with Crippen LogP contribution in [-0.2, 0) is 6.54 Å². The fourth-order valence-corrected chi connectivity index (χ4v) is 3.14. The molecule has 0 aliphatic heterocycles. The fourth-order valence-electron chi connectivity index (χ4n) is 3.14. The fraction of sp³-hybridized carbons (Fsp3) is 0.471. The van der Waals surface area contributed by atoms with E-state index in [4.69, 9.17) is 5.26 Å². The Morgan fingerprint density at radius 2 is 2.32 bits per heavy atom. The summed E-state index contributed by atoms with van der Waals surface area (Å²) in [5.74, 6) is 1.54. The summed E-state index contributed by atoms with van der Waals surface area (Å²) in [6.45, 7) is 5.15. The average molecular weight is 295 g/mol. The van der Waals surface area contributed by atoms with Gasteiger partial charge in [-0.25, -0.2) is 9.97 Å². The molecule has 3 heterocycles. The first-order chi connectivity index (χ1) is 10.7. The SMILES string of the molecule is CCC(CC#N)CCCn1c(C)nc2cnc3[nH]ccc3c21. The molecule has 0 amide bonds. The van der Waals surface area contributed by atoms with Gasteiger partial charge in [0, 0.05) is 24.5 Å². The minimum absolute atomic E-state index is 0.508. The number of fused-ring (bicyclic) bond motifs is 3. The van der Waals surface area contributed by atoms with Crippen molar-refractivity contribution in [1.82, 2.24) is 19.5 Å². The maximum atomic E-state index is 8.86. The number of pyridine rings is 1. The minimum Gasteiger partial charge on any atom is -0.346 e. The molecule has 0 saturated carbocycles. The topological polar surface area (TPSA) is 70.3 Å². The predicted molar refractivity (Wildman–Crippen MR) is 87.4 cm³/mol. The molecule has 3 rings (SSSR count). The number of hydrogen-bond donors (Lipinski definition) is 1. The highest BCUT2D eigenvalue weighted by atomic mass is 15.1. The van der Waals surface area contributed by atoms with Crippen LogP contribution in [0.25, 0.3) is 22.1 Å². The molecule has 1 unspecified atom stereocenters. The number of nitriles is 1. The lowest BCUT2D eigenvalue weighted by atomic mass is 9.97. The summed E-state index contributed by atoms with van der Waals surface area (Å²) in [6.07, 6.45) is 7.65. The van der Waals surface area contributed by atoms with E-state index < -0.39 is 0 Å². The number of rotatable bonds is 6. The molecule has 0 aliphatic carbocycles. The zero-order chi connectivity index (χ0) is 15.5. The summed E-state index contributed by atoms with van der Waals surface area (Å²) in [5, 5.41) is 9.98. The van der Waals surface area contributed by atoms with Crippen LogP contribution < -0.4 is 0 Å². The molecule has 1 atom stereocenters.